The molecule has 4 nitrogen and oxygen atoms in total. The summed E-state index contributed by atoms with van der Waals surface area (Å²) in [7, 11) is 0. The van der Waals surface area contributed by atoms with Gasteiger partial charge in [0, 0.05) is 13.0 Å². The monoisotopic (exact) mass is 157 g/mol. The molecule has 1 aliphatic heterocycles. The first kappa shape index (κ1) is 8.20. The third-order valence-corrected chi connectivity index (χ3v) is 1.84. The quantitative estimate of drug-likeness (QED) is 0.510. The Balaban J connectivity index is 2.59. The second-order valence-corrected chi connectivity index (χ2v) is 2.65. The summed E-state index contributed by atoms with van der Waals surface area (Å²) in [5, 5.41) is 11.6. The van der Waals surface area contributed by atoms with Gasteiger partial charge in [-0.1, -0.05) is 0 Å². The lowest BCUT2D eigenvalue weighted by atomic mass is 10.00. The average molecular weight is 157 g/mol. The number of carboxylic acid groups (broad SMARTS) is 1. The summed E-state index contributed by atoms with van der Waals surface area (Å²) >= 11 is 0. The van der Waals surface area contributed by atoms with E-state index in [0.29, 0.717) is 25.9 Å². The molecule has 1 aliphatic rings. The van der Waals surface area contributed by atoms with E-state index in [1.54, 1.807) is 0 Å². The van der Waals surface area contributed by atoms with Crippen LogP contribution in [-0.2, 0) is 9.59 Å². The van der Waals surface area contributed by atoms with Gasteiger partial charge in [-0.05, 0) is 13.0 Å². The molecule has 0 aromatic rings. The van der Waals surface area contributed by atoms with Crippen molar-refractivity contribution in [2.45, 2.75) is 12.8 Å². The van der Waals surface area contributed by atoms with Crippen LogP contribution >= 0.6 is 0 Å². The predicted octanol–water partition coefficient (Wildman–Crippen LogP) is -0.360. The zero-order chi connectivity index (χ0) is 8.27. The van der Waals surface area contributed by atoms with Crippen molar-refractivity contribution < 1.29 is 14.7 Å². The highest BCUT2D eigenvalue weighted by Crippen LogP contribution is 2.09. The van der Waals surface area contributed by atoms with E-state index in [9.17, 15) is 9.59 Å². The van der Waals surface area contributed by atoms with Crippen LogP contribution in [0.2, 0.25) is 0 Å². The van der Waals surface area contributed by atoms with Gasteiger partial charge in [-0.15, -0.1) is 0 Å². The van der Waals surface area contributed by atoms with Gasteiger partial charge in [-0.3, -0.25) is 9.59 Å². The van der Waals surface area contributed by atoms with E-state index >= 15 is 0 Å². The maximum Gasteiger partial charge on any atom is 0.314 e. The second kappa shape index (κ2) is 3.48. The fraction of sp³-hybridized carbons (Fsp3) is 0.714. The first-order valence-corrected chi connectivity index (χ1v) is 3.68. The Labute approximate surface area is 64.6 Å². The summed E-state index contributed by atoms with van der Waals surface area (Å²) in [6.45, 7) is 1.24. The van der Waals surface area contributed by atoms with Crippen LogP contribution in [0, 0.1) is 5.92 Å². The van der Waals surface area contributed by atoms with Crippen LogP contribution in [0.5, 0.6) is 0 Å². The van der Waals surface area contributed by atoms with Gasteiger partial charge in [-0.25, -0.2) is 0 Å². The zero-order valence-corrected chi connectivity index (χ0v) is 6.17. The maximum atomic E-state index is 11.0. The lowest BCUT2D eigenvalue weighted by molar-refractivity contribution is -0.146. The van der Waals surface area contributed by atoms with Crippen molar-refractivity contribution in [1.29, 1.82) is 0 Å². The van der Waals surface area contributed by atoms with Crippen molar-refractivity contribution in [2.75, 3.05) is 13.1 Å². The molecular weight excluding hydrogens is 146 g/mol. The van der Waals surface area contributed by atoms with Gasteiger partial charge in [-0.2, -0.15) is 0 Å². The highest BCUT2D eigenvalue weighted by atomic mass is 16.4. The third kappa shape index (κ3) is 2.01. The highest BCUT2D eigenvalue weighted by molar-refractivity contribution is 5.98. The molecule has 11 heavy (non-hydrogen) atoms. The van der Waals surface area contributed by atoms with Crippen LogP contribution in [0.25, 0.3) is 0 Å². The van der Waals surface area contributed by atoms with Crippen LogP contribution in [0.15, 0.2) is 0 Å². The summed E-state index contributed by atoms with van der Waals surface area (Å²) in [6, 6.07) is 0. The Hall–Kier alpha value is -0.900. The molecule has 1 heterocycles. The lowest BCUT2D eigenvalue weighted by Gasteiger charge is -2.04. The zero-order valence-electron chi connectivity index (χ0n) is 6.17. The number of carbonyl (C=O) groups is 2. The molecule has 1 atom stereocenters. The minimum atomic E-state index is -0.987. The third-order valence-electron chi connectivity index (χ3n) is 1.84. The number of hydrogen-bond donors (Lipinski definition) is 2. The molecule has 1 saturated heterocycles. The highest BCUT2D eigenvalue weighted by Gasteiger charge is 2.26. The van der Waals surface area contributed by atoms with Crippen molar-refractivity contribution in [1.82, 2.24) is 5.32 Å². The lowest BCUT2D eigenvalue weighted by Crippen LogP contribution is -2.23. The molecule has 0 saturated carbocycles. The van der Waals surface area contributed by atoms with Crippen LogP contribution in [0.1, 0.15) is 12.8 Å². The summed E-state index contributed by atoms with van der Waals surface area (Å²) in [5.74, 6) is -1.91. The molecule has 4 heteroatoms. The molecule has 0 aliphatic carbocycles. The Kier molecular flexibility index (Phi) is 2.59. The molecule has 0 bridgehead atoms. The molecule has 0 aromatic carbocycles. The minimum Gasteiger partial charge on any atom is -0.481 e. The van der Waals surface area contributed by atoms with Crippen molar-refractivity contribution in [2.24, 2.45) is 5.92 Å². The van der Waals surface area contributed by atoms with Crippen LogP contribution in [-0.4, -0.2) is 29.9 Å². The smallest absolute Gasteiger partial charge is 0.314 e. The van der Waals surface area contributed by atoms with Crippen LogP contribution < -0.4 is 5.32 Å². The number of carboxylic acids is 1. The molecule has 0 amide bonds. The van der Waals surface area contributed by atoms with Gasteiger partial charge < -0.3 is 10.4 Å². The number of rotatable bonds is 1. The molecule has 0 radical (unpaired) electrons. The van der Waals surface area contributed by atoms with E-state index in [1.807, 2.05) is 0 Å². The fourth-order valence-corrected chi connectivity index (χ4v) is 1.18. The van der Waals surface area contributed by atoms with Gasteiger partial charge in [0.2, 0.25) is 0 Å². The van der Waals surface area contributed by atoms with E-state index in [1.165, 1.54) is 0 Å². The SMILES string of the molecule is O=C(O)C1CCNCCC1=O. The summed E-state index contributed by atoms with van der Waals surface area (Å²) in [6.07, 6.45) is 0.769. The molecule has 0 spiro atoms. The molecule has 0 aromatic heterocycles. The molecule has 2 N–H and O–H groups in total. The van der Waals surface area contributed by atoms with Gasteiger partial charge in [0.25, 0.3) is 0 Å². The normalized spacial score (nSPS) is 26.2. The first-order valence-electron chi connectivity index (χ1n) is 3.68. The molecule has 62 valence electrons. The molecule has 1 unspecified atom stereocenters. The predicted molar refractivity (Wildman–Crippen MR) is 38.2 cm³/mol. The number of Topliss-reactive ketones (excluding diaryl/α,β-unsaturated/α-hetero) is 1. The first-order chi connectivity index (χ1) is 5.22. The standard InChI is InChI=1S/C7H11NO3/c9-6-2-4-8-3-1-5(6)7(10)11/h5,8H,1-4H2,(H,10,11). The Bertz CT molecular complexity index is 179. The largest absolute Gasteiger partial charge is 0.481 e. The van der Waals surface area contributed by atoms with Gasteiger partial charge in [0.15, 0.2) is 0 Å². The van der Waals surface area contributed by atoms with Crippen molar-refractivity contribution in [3.05, 3.63) is 0 Å². The van der Waals surface area contributed by atoms with Crippen molar-refractivity contribution in [3.8, 4) is 0 Å². The van der Waals surface area contributed by atoms with E-state index in [0.717, 1.165) is 0 Å². The number of carbonyl (C=O) groups excluding carboxylic acids is 1. The minimum absolute atomic E-state index is 0.150. The Morgan fingerprint density at radius 2 is 2.27 bits per heavy atom. The number of ketones is 1. The molecule has 1 fully saturated rings. The van der Waals surface area contributed by atoms with E-state index < -0.39 is 11.9 Å². The van der Waals surface area contributed by atoms with E-state index in [4.69, 9.17) is 5.11 Å². The second-order valence-electron chi connectivity index (χ2n) is 2.65. The van der Waals surface area contributed by atoms with Crippen LogP contribution in [0.3, 0.4) is 0 Å². The Morgan fingerprint density at radius 3 is 2.91 bits per heavy atom. The molecule has 1 rings (SSSR count). The fourth-order valence-electron chi connectivity index (χ4n) is 1.18. The van der Waals surface area contributed by atoms with Gasteiger partial charge in [0.05, 0.1) is 0 Å². The van der Waals surface area contributed by atoms with E-state index in [-0.39, 0.29) is 5.78 Å². The average Bonchev–Trinajstić information content (AvgIpc) is 2.13. The Morgan fingerprint density at radius 1 is 1.55 bits per heavy atom. The van der Waals surface area contributed by atoms with Gasteiger partial charge in [0.1, 0.15) is 11.7 Å². The topological polar surface area (TPSA) is 66.4 Å². The summed E-state index contributed by atoms with van der Waals surface area (Å²) < 4.78 is 0. The van der Waals surface area contributed by atoms with Crippen molar-refractivity contribution in [3.63, 3.8) is 0 Å². The summed E-state index contributed by atoms with van der Waals surface area (Å²) in [4.78, 5) is 21.5. The van der Waals surface area contributed by atoms with Gasteiger partial charge >= 0.3 is 5.97 Å². The molecular formula is C7H11NO3. The number of nitrogens with one attached hydrogen (secondary N) is 1. The summed E-state index contributed by atoms with van der Waals surface area (Å²) in [5.41, 5.74) is 0. The maximum absolute atomic E-state index is 11.0. The van der Waals surface area contributed by atoms with E-state index in [2.05, 4.69) is 5.32 Å². The number of hydrogen-bond acceptors (Lipinski definition) is 3. The van der Waals surface area contributed by atoms with Crippen LogP contribution in [0.4, 0.5) is 0 Å². The number of aliphatic carboxylic acids is 1. The van der Waals surface area contributed by atoms with Crippen molar-refractivity contribution >= 4 is 11.8 Å².